The van der Waals surface area contributed by atoms with E-state index in [1.165, 1.54) is 6.92 Å². The van der Waals surface area contributed by atoms with Crippen molar-refractivity contribution in [2.75, 3.05) is 26.3 Å². The number of ether oxygens (including phenoxy) is 2. The van der Waals surface area contributed by atoms with E-state index in [0.717, 1.165) is 24.1 Å². The first-order valence-electron chi connectivity index (χ1n) is 13.7. The first kappa shape index (κ1) is 29.0. The molecule has 2 heterocycles. The predicted molar refractivity (Wildman–Crippen MR) is 149 cm³/mol. The normalized spacial score (nSPS) is 14.6. The minimum atomic E-state index is -1.12. The summed E-state index contributed by atoms with van der Waals surface area (Å²) >= 11 is 0. The smallest absolute Gasteiger partial charge is 0.341 e. The molecule has 214 valence electrons. The zero-order valence-electron chi connectivity index (χ0n) is 23.6. The van der Waals surface area contributed by atoms with Crippen LogP contribution in [-0.2, 0) is 21.5 Å². The number of ketones is 1. The average molecular weight is 551 g/mol. The van der Waals surface area contributed by atoms with Gasteiger partial charge >= 0.3 is 5.97 Å². The zero-order valence-corrected chi connectivity index (χ0v) is 23.6. The van der Waals surface area contributed by atoms with Crippen LogP contribution in [0.3, 0.4) is 0 Å². The molecule has 0 radical (unpaired) electrons. The van der Waals surface area contributed by atoms with Crippen molar-refractivity contribution >= 4 is 23.5 Å². The largest absolute Gasteiger partial charge is 0.490 e. The van der Waals surface area contributed by atoms with Crippen molar-refractivity contribution in [3.05, 3.63) is 52.3 Å². The summed E-state index contributed by atoms with van der Waals surface area (Å²) in [5.74, 6) is -0.0787. The van der Waals surface area contributed by atoms with Gasteiger partial charge in [-0.05, 0) is 49.3 Å². The van der Waals surface area contributed by atoms with Gasteiger partial charge in [-0.3, -0.25) is 15.0 Å². The number of rotatable bonds is 13. The molecule has 1 aliphatic carbocycles. The minimum absolute atomic E-state index is 0.00300. The van der Waals surface area contributed by atoms with E-state index in [-0.39, 0.29) is 24.1 Å². The Hall–Kier alpha value is -3.95. The molecule has 3 N–H and O–H groups in total. The Bertz CT molecular complexity index is 1310. The van der Waals surface area contributed by atoms with Gasteiger partial charge in [0.25, 0.3) is 0 Å². The number of amidine groups is 1. The van der Waals surface area contributed by atoms with Crippen molar-refractivity contribution in [2.45, 2.75) is 71.3 Å². The maximum atomic E-state index is 13.6. The van der Waals surface area contributed by atoms with Crippen LogP contribution >= 0.6 is 0 Å². The van der Waals surface area contributed by atoms with Gasteiger partial charge < -0.3 is 24.8 Å². The van der Waals surface area contributed by atoms with E-state index in [2.05, 4.69) is 5.32 Å². The number of Topliss-reactive ketones (excluding diaryl/α,β-unsaturated/α-hetero) is 1. The summed E-state index contributed by atoms with van der Waals surface area (Å²) in [5.41, 5.74) is 3.18. The fraction of sp³-hybridized carbons (Fsp3) is 0.500. The number of carbonyl (C=O) groups is 3. The number of aliphatic carboxylic acids is 1. The Kier molecular flexibility index (Phi) is 8.76. The predicted octanol–water partition coefficient (Wildman–Crippen LogP) is 4.04. The van der Waals surface area contributed by atoms with Crippen molar-refractivity contribution in [1.29, 1.82) is 5.41 Å². The number of carbonyl (C=O) groups excluding carboxylic acids is 2. The van der Waals surface area contributed by atoms with Crippen LogP contribution < -0.4 is 14.8 Å². The molecule has 0 spiro atoms. The Balaban J connectivity index is 1.55. The van der Waals surface area contributed by atoms with Crippen molar-refractivity contribution in [3.8, 4) is 11.5 Å². The van der Waals surface area contributed by atoms with E-state index in [1.807, 2.05) is 32.9 Å². The average Bonchev–Trinajstić information content (AvgIpc) is 3.69. The number of amides is 1. The van der Waals surface area contributed by atoms with Gasteiger partial charge in [-0.2, -0.15) is 0 Å². The summed E-state index contributed by atoms with van der Waals surface area (Å²) < 4.78 is 11.7. The number of aromatic nitrogens is 1. The molecule has 1 aromatic heterocycles. The van der Waals surface area contributed by atoms with Crippen molar-refractivity contribution in [1.82, 2.24) is 15.2 Å². The first-order valence-corrected chi connectivity index (χ1v) is 13.7. The summed E-state index contributed by atoms with van der Waals surface area (Å²) in [7, 11) is 0. The topological polar surface area (TPSA) is 142 Å². The Labute approximate surface area is 234 Å². The molecule has 1 saturated carbocycles. The van der Waals surface area contributed by atoms with Gasteiger partial charge in [-0.15, -0.1) is 0 Å². The number of hydrogen-bond donors (Lipinski definition) is 3. The fourth-order valence-corrected chi connectivity index (χ4v) is 4.66. The third kappa shape index (κ3) is 7.16. The summed E-state index contributed by atoms with van der Waals surface area (Å²) in [6.45, 7) is 8.05. The number of hydrogen-bond acceptors (Lipinski definition) is 7. The zero-order chi connectivity index (χ0) is 29.0. The van der Waals surface area contributed by atoms with E-state index in [1.54, 1.807) is 17.0 Å². The highest BCUT2D eigenvalue weighted by Gasteiger charge is 2.32. The van der Waals surface area contributed by atoms with Crippen LogP contribution in [0.1, 0.15) is 92.2 Å². The molecule has 40 heavy (non-hydrogen) atoms. The van der Waals surface area contributed by atoms with Crippen molar-refractivity contribution in [2.24, 2.45) is 0 Å². The molecule has 1 aromatic carbocycles. The van der Waals surface area contributed by atoms with Gasteiger partial charge in [0.15, 0.2) is 23.9 Å². The van der Waals surface area contributed by atoms with Crippen LogP contribution in [0, 0.1) is 5.41 Å². The number of nitrogens with zero attached hydrogens (tertiary/aromatic N) is 2. The number of fused-ring (bicyclic) bond motifs is 1. The summed E-state index contributed by atoms with van der Waals surface area (Å²) in [6, 6.07) is 7.37. The number of unbranched alkanes of at least 4 members (excludes halogenated alkanes) is 1. The second-order valence-corrected chi connectivity index (χ2v) is 11.5. The van der Waals surface area contributed by atoms with Gasteiger partial charge in [0, 0.05) is 48.3 Å². The van der Waals surface area contributed by atoms with Gasteiger partial charge in [-0.1, -0.05) is 26.8 Å². The minimum Gasteiger partial charge on any atom is -0.490 e. The van der Waals surface area contributed by atoms with E-state index in [0.29, 0.717) is 66.8 Å². The highest BCUT2D eigenvalue weighted by molar-refractivity contribution is 6.04. The van der Waals surface area contributed by atoms with Crippen LogP contribution in [0.25, 0.3) is 0 Å². The molecule has 1 fully saturated rings. The summed E-state index contributed by atoms with van der Waals surface area (Å²) in [5, 5.41) is 20.7. The Morgan fingerprint density at radius 2 is 1.90 bits per heavy atom. The van der Waals surface area contributed by atoms with Crippen LogP contribution in [0.5, 0.6) is 11.5 Å². The van der Waals surface area contributed by atoms with Gasteiger partial charge in [-0.25, -0.2) is 9.78 Å². The van der Waals surface area contributed by atoms with Gasteiger partial charge in [0.05, 0.1) is 13.2 Å². The van der Waals surface area contributed by atoms with Crippen LogP contribution in [-0.4, -0.2) is 64.8 Å². The molecule has 1 aliphatic heterocycles. The molecule has 4 rings (SSSR count). The molecular weight excluding hydrogens is 512 g/mol. The molecule has 0 bridgehead atoms. The van der Waals surface area contributed by atoms with E-state index < -0.39 is 18.0 Å². The molecule has 0 unspecified atom stereocenters. The molecule has 10 nitrogen and oxygen atoms in total. The number of nitrogens with one attached hydrogen (secondary N) is 2. The number of benzene rings is 1. The maximum absolute atomic E-state index is 13.6. The monoisotopic (exact) mass is 550 g/mol. The lowest BCUT2D eigenvalue weighted by Gasteiger charge is -2.26. The Morgan fingerprint density at radius 1 is 1.15 bits per heavy atom. The summed E-state index contributed by atoms with van der Waals surface area (Å²) in [6.07, 6.45) is 3.59. The van der Waals surface area contributed by atoms with E-state index >= 15 is 0 Å². The lowest BCUT2D eigenvalue weighted by Crippen LogP contribution is -2.30. The number of pyridine rings is 1. The van der Waals surface area contributed by atoms with E-state index in [4.69, 9.17) is 19.9 Å². The quantitative estimate of drug-likeness (QED) is 0.251. The molecule has 0 saturated heterocycles. The molecule has 0 atom stereocenters. The first-order chi connectivity index (χ1) is 18.9. The van der Waals surface area contributed by atoms with Gasteiger partial charge in [0.2, 0.25) is 5.91 Å². The lowest BCUT2D eigenvalue weighted by molar-refractivity contribution is -0.139. The maximum Gasteiger partial charge on any atom is 0.341 e. The second-order valence-electron chi connectivity index (χ2n) is 11.5. The number of carboxylic acids is 1. The van der Waals surface area contributed by atoms with Gasteiger partial charge in [0.1, 0.15) is 11.5 Å². The van der Waals surface area contributed by atoms with E-state index in [9.17, 15) is 19.5 Å². The summed E-state index contributed by atoms with van der Waals surface area (Å²) in [4.78, 5) is 42.4. The molecule has 1 amide bonds. The fourth-order valence-electron chi connectivity index (χ4n) is 4.66. The van der Waals surface area contributed by atoms with Crippen LogP contribution in [0.4, 0.5) is 0 Å². The van der Waals surface area contributed by atoms with Crippen LogP contribution in [0.2, 0.25) is 0 Å². The standard InChI is InChI=1S/C30H38N4O6/c1-18(35)32-11-5-6-12-39-25-14-21(13-22(30(2,3)4)28(25)40-17-26(37)38)24(36)16-34-15-20-9-10-23(19-7-8-19)33-27(20)29(34)31/h9-10,13-14,19,31H,5-8,11-12,15-17H2,1-4H3,(H,32,35)(H,37,38). The molecule has 10 heteroatoms. The third-order valence-corrected chi connectivity index (χ3v) is 6.96. The Morgan fingerprint density at radius 3 is 2.55 bits per heavy atom. The van der Waals surface area contributed by atoms with Crippen LogP contribution in [0.15, 0.2) is 24.3 Å². The highest BCUT2D eigenvalue weighted by Crippen LogP contribution is 2.41. The molecule has 2 aromatic rings. The third-order valence-electron chi connectivity index (χ3n) is 6.96. The van der Waals surface area contributed by atoms with Crippen molar-refractivity contribution in [3.63, 3.8) is 0 Å². The number of carboxylic acid groups (broad SMARTS) is 1. The molecular formula is C30H38N4O6. The highest BCUT2D eigenvalue weighted by atomic mass is 16.5. The lowest BCUT2D eigenvalue weighted by atomic mass is 9.84. The van der Waals surface area contributed by atoms with Crippen molar-refractivity contribution < 1.29 is 29.0 Å². The SMILES string of the molecule is CC(=O)NCCCCOc1cc(C(=O)CN2Cc3ccc(C4CC4)nc3C2=N)cc(C(C)(C)C)c1OCC(=O)O. The second kappa shape index (κ2) is 12.1. The molecule has 2 aliphatic rings.